The molecule has 0 amide bonds. The number of rotatable bonds is 4. The van der Waals surface area contributed by atoms with E-state index < -0.39 is 0 Å². The van der Waals surface area contributed by atoms with Crippen LogP contribution in [0.25, 0.3) is 5.69 Å². The molecule has 0 radical (unpaired) electrons. The van der Waals surface area contributed by atoms with E-state index in [0.29, 0.717) is 0 Å². The third-order valence-corrected chi connectivity index (χ3v) is 3.83. The molecule has 2 aromatic carbocycles. The summed E-state index contributed by atoms with van der Waals surface area (Å²) in [5.74, 6) is 0. The monoisotopic (exact) mass is 281 g/mol. The van der Waals surface area contributed by atoms with Crippen molar-refractivity contribution in [2.24, 2.45) is 0 Å². The average molecular weight is 281 g/mol. The molecule has 1 heterocycles. The Kier molecular flexibility index (Phi) is 3.74. The van der Waals surface area contributed by atoms with Gasteiger partial charge in [0.1, 0.15) is 0 Å². The Morgan fingerprint density at radius 1 is 0.950 bits per heavy atom. The zero-order chi connectivity index (χ0) is 13.8. The van der Waals surface area contributed by atoms with Crippen LogP contribution in [-0.4, -0.2) is 16.0 Å². The lowest BCUT2D eigenvalue weighted by atomic mass is 10.2. The zero-order valence-corrected chi connectivity index (χ0v) is 12.0. The molecule has 1 aromatic heterocycles. The van der Waals surface area contributed by atoms with Crippen LogP contribution in [0.4, 0.5) is 11.4 Å². The second-order valence-electron chi connectivity index (χ2n) is 4.29. The molecule has 0 aliphatic rings. The normalized spacial score (nSPS) is 10.4. The summed E-state index contributed by atoms with van der Waals surface area (Å²) in [4.78, 5) is 1.22. The highest BCUT2D eigenvalue weighted by atomic mass is 32.2. The van der Waals surface area contributed by atoms with Gasteiger partial charge in [-0.1, -0.05) is 24.3 Å². The van der Waals surface area contributed by atoms with Gasteiger partial charge >= 0.3 is 0 Å². The van der Waals surface area contributed by atoms with Gasteiger partial charge in [-0.3, -0.25) is 0 Å². The Hall–Kier alpha value is -2.20. The van der Waals surface area contributed by atoms with Crippen molar-refractivity contribution in [3.8, 4) is 5.69 Å². The van der Waals surface area contributed by atoms with Crippen LogP contribution in [0.1, 0.15) is 0 Å². The van der Waals surface area contributed by atoms with E-state index in [1.54, 1.807) is 18.0 Å². The number of nitrogens with zero attached hydrogens (tertiary/aromatic N) is 2. The zero-order valence-electron chi connectivity index (χ0n) is 11.2. The van der Waals surface area contributed by atoms with E-state index in [2.05, 4.69) is 47.0 Å². The summed E-state index contributed by atoms with van der Waals surface area (Å²) in [5.41, 5.74) is 3.19. The maximum absolute atomic E-state index is 4.30. The summed E-state index contributed by atoms with van der Waals surface area (Å²) < 4.78 is 1.87. The smallest absolute Gasteiger partial charge is 0.0880 e. The molecule has 3 aromatic rings. The molecular weight excluding hydrogens is 266 g/mol. The number of aromatic nitrogens is 2. The molecule has 0 unspecified atom stereocenters. The minimum atomic E-state index is 1.04. The topological polar surface area (TPSA) is 29.9 Å². The molecule has 0 fully saturated rings. The third-order valence-electron chi connectivity index (χ3n) is 3.03. The number of anilines is 2. The fourth-order valence-electron chi connectivity index (χ4n) is 2.08. The van der Waals surface area contributed by atoms with E-state index in [4.69, 9.17) is 0 Å². The molecule has 3 nitrogen and oxygen atoms in total. The highest BCUT2D eigenvalue weighted by Gasteiger charge is 2.06. The summed E-state index contributed by atoms with van der Waals surface area (Å²) in [7, 11) is 0. The van der Waals surface area contributed by atoms with Crippen LogP contribution >= 0.6 is 11.8 Å². The van der Waals surface area contributed by atoms with Gasteiger partial charge in [-0.05, 0) is 36.6 Å². The van der Waals surface area contributed by atoms with Crippen molar-refractivity contribution in [2.75, 3.05) is 11.6 Å². The Labute approximate surface area is 122 Å². The maximum Gasteiger partial charge on any atom is 0.0880 e. The van der Waals surface area contributed by atoms with Crippen molar-refractivity contribution in [3.63, 3.8) is 0 Å². The first-order valence-electron chi connectivity index (χ1n) is 6.37. The molecule has 0 aliphatic carbocycles. The van der Waals surface area contributed by atoms with Gasteiger partial charge in [-0.25, -0.2) is 4.68 Å². The number of benzene rings is 2. The van der Waals surface area contributed by atoms with Crippen molar-refractivity contribution in [1.82, 2.24) is 9.78 Å². The Morgan fingerprint density at radius 3 is 2.45 bits per heavy atom. The van der Waals surface area contributed by atoms with Gasteiger partial charge in [0, 0.05) is 17.3 Å². The minimum Gasteiger partial charge on any atom is -0.353 e. The summed E-state index contributed by atoms with van der Waals surface area (Å²) in [6.45, 7) is 0. The molecule has 100 valence electrons. The molecule has 0 aliphatic heterocycles. The number of hydrogen-bond donors (Lipinski definition) is 1. The fourth-order valence-corrected chi connectivity index (χ4v) is 2.64. The number of para-hydroxylation sites is 3. The molecule has 20 heavy (non-hydrogen) atoms. The first-order valence-corrected chi connectivity index (χ1v) is 7.60. The van der Waals surface area contributed by atoms with Crippen LogP contribution < -0.4 is 5.32 Å². The number of thioether (sulfide) groups is 1. The van der Waals surface area contributed by atoms with Crippen molar-refractivity contribution >= 4 is 23.1 Å². The maximum atomic E-state index is 4.30. The second-order valence-corrected chi connectivity index (χ2v) is 5.14. The molecule has 0 saturated carbocycles. The molecular formula is C16H15N3S. The highest BCUT2D eigenvalue weighted by Crippen LogP contribution is 2.30. The summed E-state index contributed by atoms with van der Waals surface area (Å²) in [6, 6.07) is 18.4. The average Bonchev–Trinajstić information content (AvgIpc) is 3.02. The molecule has 0 bridgehead atoms. The van der Waals surface area contributed by atoms with Crippen LogP contribution in [0.2, 0.25) is 0 Å². The lowest BCUT2D eigenvalue weighted by Crippen LogP contribution is -2.01. The molecule has 0 saturated heterocycles. The van der Waals surface area contributed by atoms with Gasteiger partial charge in [-0.2, -0.15) is 5.10 Å². The van der Waals surface area contributed by atoms with E-state index in [9.17, 15) is 0 Å². The van der Waals surface area contributed by atoms with Crippen molar-refractivity contribution in [2.45, 2.75) is 4.90 Å². The van der Waals surface area contributed by atoms with Crippen LogP contribution in [-0.2, 0) is 0 Å². The van der Waals surface area contributed by atoms with Gasteiger partial charge in [0.05, 0.1) is 17.1 Å². The van der Waals surface area contributed by atoms with Crippen molar-refractivity contribution < 1.29 is 0 Å². The fraction of sp³-hybridized carbons (Fsp3) is 0.0625. The molecule has 4 heteroatoms. The van der Waals surface area contributed by atoms with E-state index >= 15 is 0 Å². The van der Waals surface area contributed by atoms with Crippen molar-refractivity contribution in [1.29, 1.82) is 0 Å². The molecule has 0 atom stereocenters. The van der Waals surface area contributed by atoms with E-state index in [1.165, 1.54) is 4.90 Å². The van der Waals surface area contributed by atoms with Crippen LogP contribution in [0.15, 0.2) is 71.9 Å². The minimum absolute atomic E-state index is 1.04. The Balaban J connectivity index is 1.99. The largest absolute Gasteiger partial charge is 0.353 e. The molecule has 0 spiro atoms. The van der Waals surface area contributed by atoms with Crippen molar-refractivity contribution in [3.05, 3.63) is 67.0 Å². The highest BCUT2D eigenvalue weighted by molar-refractivity contribution is 7.98. The second kappa shape index (κ2) is 5.84. The Morgan fingerprint density at radius 2 is 1.70 bits per heavy atom. The first kappa shape index (κ1) is 12.8. The lowest BCUT2D eigenvalue weighted by molar-refractivity contribution is 0.882. The van der Waals surface area contributed by atoms with Crippen LogP contribution in [0, 0.1) is 0 Å². The van der Waals surface area contributed by atoms with Gasteiger partial charge in [-0.15, -0.1) is 11.8 Å². The predicted octanol–water partition coefficient (Wildman–Crippen LogP) is 4.34. The predicted molar refractivity (Wildman–Crippen MR) is 85.1 cm³/mol. The third kappa shape index (κ3) is 2.56. The van der Waals surface area contributed by atoms with E-state index in [-0.39, 0.29) is 0 Å². The SMILES string of the molecule is CSc1ccccc1Nc1ccccc1-n1cccn1. The van der Waals surface area contributed by atoms with Gasteiger partial charge in [0.2, 0.25) is 0 Å². The summed E-state index contributed by atoms with van der Waals surface area (Å²) >= 11 is 1.73. The Bertz CT molecular complexity index is 692. The number of nitrogens with one attached hydrogen (secondary N) is 1. The van der Waals surface area contributed by atoms with Crippen LogP contribution in [0.5, 0.6) is 0 Å². The van der Waals surface area contributed by atoms with Gasteiger partial charge in [0.25, 0.3) is 0 Å². The number of hydrogen-bond acceptors (Lipinski definition) is 3. The molecule has 3 rings (SSSR count). The van der Waals surface area contributed by atoms with Gasteiger partial charge in [0.15, 0.2) is 0 Å². The van der Waals surface area contributed by atoms with E-state index in [1.807, 2.05) is 35.1 Å². The summed E-state index contributed by atoms with van der Waals surface area (Å²) in [5, 5.41) is 7.80. The quantitative estimate of drug-likeness (QED) is 0.722. The van der Waals surface area contributed by atoms with E-state index in [0.717, 1.165) is 17.1 Å². The standard InChI is InChI=1S/C16H15N3S/c1-20-16-10-5-3-8-14(16)18-13-7-2-4-9-15(13)19-12-6-11-17-19/h2-12,18H,1H3. The van der Waals surface area contributed by atoms with Gasteiger partial charge < -0.3 is 5.32 Å². The summed E-state index contributed by atoms with van der Waals surface area (Å²) in [6.07, 6.45) is 5.81. The first-order chi connectivity index (χ1) is 9.88. The van der Waals surface area contributed by atoms with Crippen LogP contribution in [0.3, 0.4) is 0 Å². The lowest BCUT2D eigenvalue weighted by Gasteiger charge is -2.14. The molecule has 1 N–H and O–H groups in total.